The minimum Gasteiger partial charge on any atom is -0.336 e. The van der Waals surface area contributed by atoms with Gasteiger partial charge in [0.1, 0.15) is 6.20 Å². The summed E-state index contributed by atoms with van der Waals surface area (Å²) in [6.45, 7) is 0.306. The van der Waals surface area contributed by atoms with Crippen LogP contribution in [0, 0.1) is 10.1 Å². The monoisotopic (exact) mass is 278 g/mol. The second-order valence-electron chi connectivity index (χ2n) is 4.48. The molecule has 0 spiro atoms. The van der Waals surface area contributed by atoms with E-state index in [9.17, 15) is 14.9 Å². The van der Waals surface area contributed by atoms with Crippen molar-refractivity contribution in [3.05, 3.63) is 40.0 Å². The maximum Gasteiger partial charge on any atom is 0.320 e. The van der Waals surface area contributed by atoms with E-state index in [-0.39, 0.29) is 11.4 Å². The number of hydrogen-bond acceptors (Lipinski definition) is 5. The molecule has 2 heterocycles. The maximum atomic E-state index is 12.2. The Morgan fingerprint density at radius 2 is 2.10 bits per heavy atom. The molecular formula is C11H14N6O3. The summed E-state index contributed by atoms with van der Waals surface area (Å²) in [5.74, 6) is -0.499. The first-order chi connectivity index (χ1) is 9.38. The Labute approximate surface area is 114 Å². The molecule has 0 saturated carbocycles. The molecule has 1 amide bonds. The predicted octanol–water partition coefficient (Wildman–Crippen LogP) is 0.334. The summed E-state index contributed by atoms with van der Waals surface area (Å²) in [7, 11) is 4.87. The van der Waals surface area contributed by atoms with Gasteiger partial charge < -0.3 is 4.90 Å². The molecule has 9 nitrogen and oxygen atoms in total. The molecule has 0 saturated heterocycles. The number of rotatable bonds is 4. The molecule has 2 aromatic heterocycles. The molecular weight excluding hydrogens is 264 g/mol. The number of nitro groups is 1. The first-order valence-corrected chi connectivity index (χ1v) is 5.79. The number of amides is 1. The van der Waals surface area contributed by atoms with Crippen LogP contribution in [0.1, 0.15) is 16.1 Å². The summed E-state index contributed by atoms with van der Waals surface area (Å²) < 4.78 is 2.88. The van der Waals surface area contributed by atoms with Crippen LogP contribution >= 0.6 is 0 Å². The van der Waals surface area contributed by atoms with E-state index in [1.807, 2.05) is 0 Å². The zero-order chi connectivity index (χ0) is 14.9. The number of aryl methyl sites for hydroxylation is 2. The van der Waals surface area contributed by atoms with Gasteiger partial charge in [0, 0.05) is 39.4 Å². The Balaban J connectivity index is 2.20. The minimum atomic E-state index is -0.613. The van der Waals surface area contributed by atoms with Crippen molar-refractivity contribution in [3.8, 4) is 0 Å². The van der Waals surface area contributed by atoms with Crippen LogP contribution in [-0.4, -0.2) is 42.3 Å². The Kier molecular flexibility index (Phi) is 3.51. The van der Waals surface area contributed by atoms with Crippen LogP contribution in [0.2, 0.25) is 0 Å². The van der Waals surface area contributed by atoms with Crippen molar-refractivity contribution in [1.82, 2.24) is 24.5 Å². The highest BCUT2D eigenvalue weighted by atomic mass is 16.6. The normalized spacial score (nSPS) is 10.6. The highest BCUT2D eigenvalue weighted by Gasteiger charge is 2.27. The molecule has 0 aliphatic rings. The standard InChI is InChI=1S/C11H14N6O3/c1-14(5-8-4-12-15(2)6-8)11(18)10-9(17(19)20)7-16(3)13-10/h4,6-7H,5H2,1-3H3. The Bertz CT molecular complexity index is 659. The molecule has 0 aliphatic heterocycles. The van der Waals surface area contributed by atoms with E-state index < -0.39 is 10.8 Å². The largest absolute Gasteiger partial charge is 0.336 e. The van der Waals surface area contributed by atoms with E-state index in [0.717, 1.165) is 5.56 Å². The van der Waals surface area contributed by atoms with Gasteiger partial charge in [-0.05, 0) is 0 Å². The Morgan fingerprint density at radius 3 is 2.65 bits per heavy atom. The van der Waals surface area contributed by atoms with Crippen molar-refractivity contribution >= 4 is 11.6 Å². The van der Waals surface area contributed by atoms with Gasteiger partial charge in [-0.3, -0.25) is 24.3 Å². The fraction of sp³-hybridized carbons (Fsp3) is 0.364. The van der Waals surface area contributed by atoms with Gasteiger partial charge in [-0.2, -0.15) is 10.2 Å². The van der Waals surface area contributed by atoms with Crippen molar-refractivity contribution in [1.29, 1.82) is 0 Å². The maximum absolute atomic E-state index is 12.2. The second-order valence-corrected chi connectivity index (χ2v) is 4.48. The molecule has 2 aromatic rings. The zero-order valence-corrected chi connectivity index (χ0v) is 11.3. The molecule has 2 rings (SSSR count). The molecule has 0 unspecified atom stereocenters. The van der Waals surface area contributed by atoms with Crippen LogP contribution in [0.3, 0.4) is 0 Å². The van der Waals surface area contributed by atoms with Gasteiger partial charge >= 0.3 is 5.69 Å². The summed E-state index contributed by atoms with van der Waals surface area (Å²) in [6, 6.07) is 0. The van der Waals surface area contributed by atoms with Crippen molar-refractivity contribution in [2.24, 2.45) is 14.1 Å². The fourth-order valence-corrected chi connectivity index (χ4v) is 1.84. The first kappa shape index (κ1) is 13.7. The van der Waals surface area contributed by atoms with Crippen LogP contribution in [-0.2, 0) is 20.6 Å². The number of carbonyl (C=O) groups excluding carboxylic acids is 1. The van der Waals surface area contributed by atoms with Gasteiger partial charge in [0.15, 0.2) is 0 Å². The number of carbonyl (C=O) groups is 1. The van der Waals surface area contributed by atoms with Crippen LogP contribution in [0.15, 0.2) is 18.6 Å². The quantitative estimate of drug-likeness (QED) is 0.593. The van der Waals surface area contributed by atoms with Crippen LogP contribution in [0.5, 0.6) is 0 Å². The van der Waals surface area contributed by atoms with E-state index in [0.29, 0.717) is 6.54 Å². The summed E-state index contributed by atoms with van der Waals surface area (Å²) >= 11 is 0. The number of nitrogens with zero attached hydrogens (tertiary/aromatic N) is 6. The van der Waals surface area contributed by atoms with Crippen LogP contribution in [0.25, 0.3) is 0 Å². The third-order valence-corrected chi connectivity index (χ3v) is 2.73. The highest BCUT2D eigenvalue weighted by Crippen LogP contribution is 2.18. The predicted molar refractivity (Wildman–Crippen MR) is 68.9 cm³/mol. The molecule has 0 radical (unpaired) electrons. The average Bonchev–Trinajstić information content (AvgIpc) is 2.94. The van der Waals surface area contributed by atoms with E-state index in [2.05, 4.69) is 10.2 Å². The van der Waals surface area contributed by atoms with Gasteiger partial charge in [0.05, 0.1) is 11.1 Å². The lowest BCUT2D eigenvalue weighted by atomic mass is 10.3. The van der Waals surface area contributed by atoms with E-state index in [1.54, 1.807) is 31.2 Å². The van der Waals surface area contributed by atoms with Crippen molar-refractivity contribution in [2.75, 3.05) is 7.05 Å². The van der Waals surface area contributed by atoms with Gasteiger partial charge in [0.2, 0.25) is 5.69 Å². The molecule has 20 heavy (non-hydrogen) atoms. The first-order valence-electron chi connectivity index (χ1n) is 5.79. The summed E-state index contributed by atoms with van der Waals surface area (Å²) in [5.41, 5.74) is 0.376. The van der Waals surface area contributed by atoms with E-state index in [1.165, 1.54) is 22.8 Å². The molecule has 0 fully saturated rings. The topological polar surface area (TPSA) is 99.1 Å². The van der Waals surface area contributed by atoms with E-state index >= 15 is 0 Å². The molecule has 0 aliphatic carbocycles. The van der Waals surface area contributed by atoms with Gasteiger partial charge in [-0.1, -0.05) is 0 Å². The molecule has 0 aromatic carbocycles. The van der Waals surface area contributed by atoms with Gasteiger partial charge in [-0.15, -0.1) is 0 Å². The third-order valence-electron chi connectivity index (χ3n) is 2.73. The van der Waals surface area contributed by atoms with Crippen molar-refractivity contribution in [3.63, 3.8) is 0 Å². The lowest BCUT2D eigenvalue weighted by Crippen LogP contribution is -2.27. The summed E-state index contributed by atoms with van der Waals surface area (Å²) in [6.07, 6.45) is 4.62. The smallest absolute Gasteiger partial charge is 0.320 e. The summed E-state index contributed by atoms with van der Waals surface area (Å²) in [5, 5.41) is 18.8. The number of aromatic nitrogens is 4. The SMILES string of the molecule is CN(Cc1cnn(C)c1)C(=O)c1nn(C)cc1[N+](=O)[O-]. The summed E-state index contributed by atoms with van der Waals surface area (Å²) in [4.78, 5) is 23.9. The Morgan fingerprint density at radius 1 is 1.40 bits per heavy atom. The lowest BCUT2D eigenvalue weighted by molar-refractivity contribution is -0.385. The Hall–Kier alpha value is -2.71. The van der Waals surface area contributed by atoms with Crippen LogP contribution < -0.4 is 0 Å². The zero-order valence-electron chi connectivity index (χ0n) is 11.3. The molecule has 106 valence electrons. The molecule has 0 bridgehead atoms. The van der Waals surface area contributed by atoms with Crippen molar-refractivity contribution in [2.45, 2.75) is 6.54 Å². The lowest BCUT2D eigenvalue weighted by Gasteiger charge is -2.14. The highest BCUT2D eigenvalue weighted by molar-refractivity contribution is 5.95. The molecule has 0 N–H and O–H groups in total. The van der Waals surface area contributed by atoms with Crippen molar-refractivity contribution < 1.29 is 9.72 Å². The fourth-order valence-electron chi connectivity index (χ4n) is 1.84. The third kappa shape index (κ3) is 2.66. The second kappa shape index (κ2) is 5.11. The minimum absolute atomic E-state index is 0.163. The molecule has 9 heteroatoms. The van der Waals surface area contributed by atoms with Crippen LogP contribution in [0.4, 0.5) is 5.69 Å². The number of hydrogen-bond donors (Lipinski definition) is 0. The average molecular weight is 278 g/mol. The van der Waals surface area contributed by atoms with E-state index in [4.69, 9.17) is 0 Å². The van der Waals surface area contributed by atoms with Gasteiger partial charge in [-0.25, -0.2) is 0 Å². The van der Waals surface area contributed by atoms with Gasteiger partial charge in [0.25, 0.3) is 5.91 Å². The molecule has 0 atom stereocenters.